The van der Waals surface area contributed by atoms with E-state index in [4.69, 9.17) is 4.78 Å². The predicted molar refractivity (Wildman–Crippen MR) is 146 cm³/mol. The van der Waals surface area contributed by atoms with Gasteiger partial charge in [-0.05, 0) is 104 Å². The van der Waals surface area contributed by atoms with E-state index < -0.39 is 21.9 Å². The van der Waals surface area contributed by atoms with E-state index in [9.17, 15) is 14.4 Å². The summed E-state index contributed by atoms with van der Waals surface area (Å²) in [5.74, 6) is 1.57. The molecule has 0 amide bonds. The number of benzene rings is 1. The van der Waals surface area contributed by atoms with Crippen LogP contribution in [0.2, 0.25) is 0 Å². The summed E-state index contributed by atoms with van der Waals surface area (Å²) in [6, 6.07) is 9.48. The van der Waals surface area contributed by atoms with Crippen molar-refractivity contribution in [3.63, 3.8) is 0 Å². The molecule has 5 rings (SSSR count). The molecule has 0 aromatic heterocycles. The molecule has 4 fully saturated rings. The normalized spacial score (nSPS) is 38.5. The second-order valence-corrected chi connectivity index (χ2v) is 14.8. The fraction of sp³-hybridized carbons (Fsp3) is 0.613. The largest absolute Gasteiger partial charge is 0.393 e. The van der Waals surface area contributed by atoms with Crippen molar-refractivity contribution >= 4 is 9.73 Å². The van der Waals surface area contributed by atoms with Gasteiger partial charge in [0.15, 0.2) is 0 Å². The number of rotatable bonds is 6. The first-order valence-electron chi connectivity index (χ1n) is 13.9. The summed E-state index contributed by atoms with van der Waals surface area (Å²) in [4.78, 5) is 0.695. The van der Waals surface area contributed by atoms with Gasteiger partial charge in [-0.25, -0.2) is 8.99 Å². The van der Waals surface area contributed by atoms with Gasteiger partial charge in [0.25, 0.3) is 0 Å². The highest BCUT2D eigenvalue weighted by atomic mass is 32.2. The Balaban J connectivity index is 1.33. The molecule has 0 heterocycles. The van der Waals surface area contributed by atoms with Crippen LogP contribution in [-0.2, 0) is 9.73 Å². The number of aliphatic hydroxyl groups excluding tert-OH is 2. The summed E-state index contributed by atoms with van der Waals surface area (Å²) in [5.41, 5.74) is 3.46. The SMILES string of the molecule is C=C1/C(=C\C=C2/CCC[C@]3(C)[C@@H]([C@H](C)CC4([S@@](=N)(=O)c5ccccc5)CC4)CC[C@@H]23)C[C@@H](O)C[C@@H]1O. The molecule has 3 N–H and O–H groups in total. The Labute approximate surface area is 217 Å². The zero-order valence-corrected chi connectivity index (χ0v) is 22.7. The monoisotopic (exact) mass is 509 g/mol. The van der Waals surface area contributed by atoms with Gasteiger partial charge in [-0.15, -0.1) is 0 Å². The van der Waals surface area contributed by atoms with Gasteiger partial charge in [0.1, 0.15) is 0 Å². The second-order valence-electron chi connectivity index (χ2n) is 12.4. The molecule has 4 nitrogen and oxygen atoms in total. The first kappa shape index (κ1) is 25.9. The molecule has 0 aliphatic heterocycles. The zero-order valence-electron chi connectivity index (χ0n) is 21.9. The standard InChI is InChI=1S/C31H43NO3S/c1-21(20-31(16-17-31)36(32,35)26-9-5-4-6-10-26)27-13-14-28-23(8-7-15-30(27,28)3)11-12-24-18-25(33)19-29(34)22(24)2/h4-6,9-12,21,25,27-29,32-34H,2,7-8,13-20H2,1,3H3/b23-11+,24-12-/t21-,25-,27-,28+,29+,30-,36+/m1/s1. The predicted octanol–water partition coefficient (Wildman–Crippen LogP) is 6.79. The molecule has 7 atom stereocenters. The molecule has 4 saturated carbocycles. The molecule has 0 unspecified atom stereocenters. The van der Waals surface area contributed by atoms with Gasteiger partial charge in [-0.1, -0.05) is 56.4 Å². The van der Waals surface area contributed by atoms with Gasteiger partial charge in [-0.2, -0.15) is 0 Å². The van der Waals surface area contributed by atoms with E-state index in [2.05, 4.69) is 32.6 Å². The van der Waals surface area contributed by atoms with E-state index in [1.54, 1.807) is 0 Å². The van der Waals surface area contributed by atoms with Crippen LogP contribution in [0, 0.1) is 27.9 Å². The smallest absolute Gasteiger partial charge is 0.0811 e. The number of nitrogens with one attached hydrogen (secondary N) is 1. The van der Waals surface area contributed by atoms with Crippen molar-refractivity contribution in [2.75, 3.05) is 0 Å². The lowest BCUT2D eigenvalue weighted by molar-refractivity contribution is 0.0861. The van der Waals surface area contributed by atoms with Crippen LogP contribution in [0.1, 0.15) is 78.1 Å². The zero-order chi connectivity index (χ0) is 25.7. The van der Waals surface area contributed by atoms with Crippen molar-refractivity contribution < 1.29 is 14.4 Å². The molecule has 0 radical (unpaired) electrons. The lowest BCUT2D eigenvalue weighted by atomic mass is 9.60. The minimum absolute atomic E-state index is 0.232. The average Bonchev–Trinajstić information content (AvgIpc) is 3.54. The molecule has 4 aliphatic rings. The lowest BCUT2D eigenvalue weighted by Gasteiger charge is -2.45. The van der Waals surface area contributed by atoms with E-state index in [1.807, 2.05) is 30.3 Å². The van der Waals surface area contributed by atoms with Gasteiger partial charge < -0.3 is 10.2 Å². The molecule has 5 heteroatoms. The number of aliphatic hydroxyl groups is 2. The first-order valence-corrected chi connectivity index (χ1v) is 15.4. The number of allylic oxidation sites excluding steroid dienone is 3. The Bertz CT molecular complexity index is 1160. The molecular weight excluding hydrogens is 466 g/mol. The molecule has 0 spiro atoms. The Morgan fingerprint density at radius 2 is 1.89 bits per heavy atom. The second kappa shape index (κ2) is 9.56. The first-order chi connectivity index (χ1) is 17.1. The minimum Gasteiger partial charge on any atom is -0.393 e. The minimum atomic E-state index is -2.82. The molecule has 0 saturated heterocycles. The molecule has 36 heavy (non-hydrogen) atoms. The van der Waals surface area contributed by atoms with E-state index in [0.29, 0.717) is 35.5 Å². The van der Waals surface area contributed by atoms with E-state index in [1.165, 1.54) is 31.3 Å². The highest BCUT2D eigenvalue weighted by Gasteiger charge is 2.56. The number of hydrogen-bond donors (Lipinski definition) is 3. The third-order valence-electron chi connectivity index (χ3n) is 10.2. The molecule has 196 valence electrons. The fourth-order valence-corrected chi connectivity index (χ4v) is 10.2. The number of fused-ring (bicyclic) bond motifs is 1. The maximum Gasteiger partial charge on any atom is 0.0811 e. The summed E-state index contributed by atoms with van der Waals surface area (Å²) in [6.07, 6.45) is 12.8. The van der Waals surface area contributed by atoms with Crippen LogP contribution in [0.15, 0.2) is 70.7 Å². The fourth-order valence-electron chi connectivity index (χ4n) is 8.02. The third kappa shape index (κ3) is 4.46. The quantitative estimate of drug-likeness (QED) is 0.395. The summed E-state index contributed by atoms with van der Waals surface area (Å²) in [5, 5.41) is 20.3. The summed E-state index contributed by atoms with van der Waals surface area (Å²) in [6.45, 7) is 8.91. The van der Waals surface area contributed by atoms with Crippen LogP contribution in [-0.4, -0.2) is 31.4 Å². The van der Waals surface area contributed by atoms with Crippen molar-refractivity contribution in [2.45, 2.75) is 99.9 Å². The van der Waals surface area contributed by atoms with Crippen LogP contribution >= 0.6 is 0 Å². The summed E-state index contributed by atoms with van der Waals surface area (Å²) < 4.78 is 22.3. The Kier molecular flexibility index (Phi) is 6.89. The average molecular weight is 510 g/mol. The van der Waals surface area contributed by atoms with E-state index >= 15 is 0 Å². The molecule has 4 aliphatic carbocycles. The van der Waals surface area contributed by atoms with Crippen molar-refractivity contribution in [3.05, 3.63) is 65.8 Å². The topological polar surface area (TPSA) is 81.4 Å². The van der Waals surface area contributed by atoms with Crippen LogP contribution in [0.4, 0.5) is 0 Å². The van der Waals surface area contributed by atoms with Crippen molar-refractivity contribution in [1.82, 2.24) is 0 Å². The van der Waals surface area contributed by atoms with Crippen molar-refractivity contribution in [1.29, 1.82) is 4.78 Å². The van der Waals surface area contributed by atoms with Gasteiger partial charge in [-0.3, -0.25) is 0 Å². The van der Waals surface area contributed by atoms with Crippen molar-refractivity contribution in [3.8, 4) is 0 Å². The van der Waals surface area contributed by atoms with Gasteiger partial charge >= 0.3 is 0 Å². The van der Waals surface area contributed by atoms with Crippen LogP contribution in [0.3, 0.4) is 0 Å². The van der Waals surface area contributed by atoms with Crippen LogP contribution in [0.5, 0.6) is 0 Å². The van der Waals surface area contributed by atoms with Crippen LogP contribution < -0.4 is 0 Å². The molecular formula is C31H43NO3S. The molecule has 1 aromatic rings. The highest BCUT2D eigenvalue weighted by molar-refractivity contribution is 7.94. The Hall–Kier alpha value is -1.69. The van der Waals surface area contributed by atoms with Gasteiger partial charge in [0.2, 0.25) is 0 Å². The Morgan fingerprint density at radius 1 is 1.17 bits per heavy atom. The lowest BCUT2D eigenvalue weighted by Crippen LogP contribution is -2.37. The molecule has 0 bridgehead atoms. The van der Waals surface area contributed by atoms with Crippen molar-refractivity contribution in [2.24, 2.45) is 23.2 Å². The highest BCUT2D eigenvalue weighted by Crippen LogP contribution is 2.62. The van der Waals surface area contributed by atoms with Gasteiger partial charge in [0, 0.05) is 11.3 Å². The maximum absolute atomic E-state index is 13.8. The summed E-state index contributed by atoms with van der Waals surface area (Å²) in [7, 11) is -2.82. The van der Waals surface area contributed by atoms with E-state index in [-0.39, 0.29) is 10.2 Å². The van der Waals surface area contributed by atoms with Gasteiger partial charge in [0.05, 0.1) is 26.7 Å². The Morgan fingerprint density at radius 3 is 2.58 bits per heavy atom. The molecule has 1 aromatic carbocycles. The number of hydrogen-bond acceptors (Lipinski definition) is 4. The maximum atomic E-state index is 13.8. The summed E-state index contributed by atoms with van der Waals surface area (Å²) >= 11 is 0. The third-order valence-corrected chi connectivity index (χ3v) is 12.9. The van der Waals surface area contributed by atoms with E-state index in [0.717, 1.165) is 36.8 Å². The van der Waals surface area contributed by atoms with Crippen LogP contribution in [0.25, 0.3) is 0 Å².